The van der Waals surface area contributed by atoms with Gasteiger partial charge in [-0.05, 0) is 83.5 Å². The largest absolute Gasteiger partial charge is 0.756 e. The molecule has 9 heteroatoms. The molecule has 0 fully saturated rings. The summed E-state index contributed by atoms with van der Waals surface area (Å²) in [6.45, 7) is 5.16. The maximum atomic E-state index is 12.6. The Morgan fingerprint density at radius 2 is 1.09 bits per heavy atom. The molecule has 0 aromatic carbocycles. The van der Waals surface area contributed by atoms with Crippen LogP contribution >= 0.6 is 7.82 Å². The number of likely N-dealkylation sites (N-methyl/N-ethyl adjacent to an activating group) is 1. The molecular weight excluding hydrogens is 685 g/mol. The quantitative estimate of drug-likeness (QED) is 0.0204. The highest BCUT2D eigenvalue weighted by atomic mass is 31.2. The van der Waals surface area contributed by atoms with Crippen molar-refractivity contribution in [1.29, 1.82) is 0 Å². The van der Waals surface area contributed by atoms with E-state index in [-0.39, 0.29) is 32.2 Å². The Morgan fingerprint density at radius 3 is 1.64 bits per heavy atom. The number of rotatable bonds is 37. The molecule has 0 bridgehead atoms. The molecule has 0 saturated heterocycles. The molecule has 0 spiro atoms. The number of phosphoric ester groups is 1. The molecule has 0 aliphatic heterocycles. The second kappa shape index (κ2) is 36.9. The summed E-state index contributed by atoms with van der Waals surface area (Å²) in [6.07, 6.45) is 46.3. The molecule has 53 heavy (non-hydrogen) atoms. The van der Waals surface area contributed by atoms with Gasteiger partial charge in [0.1, 0.15) is 19.3 Å². The number of hydrogen-bond donors (Lipinski definition) is 0. The number of phosphoric acid groups is 1. The predicted octanol–water partition coefficient (Wildman–Crippen LogP) is 11.3. The standard InChI is InChI=1S/C44H78NO7P/c1-6-8-10-12-14-16-18-20-22-24-26-28-30-32-34-36-39-49-41-43(42-51-53(47,48)50-40-38-45(3,4)5)52-44(46)37-35-33-31-29-27-25-23-21-19-17-15-13-11-9-7-2/h9,11,14-17,20-23,27,29,43H,6-8,10,12-13,18-19,24-26,28,30-42H2,1-5H3/b11-9-,16-14-,17-15-,22-20-,23-21-,29-27-. The first-order chi connectivity index (χ1) is 25.6. The molecule has 8 nitrogen and oxygen atoms in total. The maximum absolute atomic E-state index is 12.6. The molecule has 0 heterocycles. The van der Waals surface area contributed by atoms with Gasteiger partial charge in [0.05, 0.1) is 34.4 Å². The van der Waals surface area contributed by atoms with Crippen LogP contribution in [0.3, 0.4) is 0 Å². The zero-order valence-electron chi connectivity index (χ0n) is 34.4. The normalized spacial score (nSPS) is 14.6. The fraction of sp³-hybridized carbons (Fsp3) is 0.705. The lowest BCUT2D eigenvalue weighted by Crippen LogP contribution is -2.37. The highest BCUT2D eigenvalue weighted by Crippen LogP contribution is 2.38. The van der Waals surface area contributed by atoms with E-state index in [9.17, 15) is 14.3 Å². The van der Waals surface area contributed by atoms with Crippen molar-refractivity contribution in [2.24, 2.45) is 0 Å². The monoisotopic (exact) mass is 764 g/mol. The van der Waals surface area contributed by atoms with E-state index >= 15 is 0 Å². The Morgan fingerprint density at radius 1 is 0.604 bits per heavy atom. The van der Waals surface area contributed by atoms with Crippen molar-refractivity contribution >= 4 is 13.8 Å². The van der Waals surface area contributed by atoms with Crippen LogP contribution in [0.4, 0.5) is 0 Å². The molecule has 0 aliphatic carbocycles. The minimum absolute atomic E-state index is 0.0120. The minimum atomic E-state index is -4.54. The number of quaternary nitrogens is 1. The van der Waals surface area contributed by atoms with Crippen molar-refractivity contribution < 1.29 is 37.3 Å². The van der Waals surface area contributed by atoms with E-state index in [1.807, 2.05) is 21.1 Å². The predicted molar refractivity (Wildman–Crippen MR) is 222 cm³/mol. The molecule has 0 amide bonds. The molecule has 0 aromatic heterocycles. The number of ether oxygens (including phenoxy) is 2. The fourth-order valence-electron chi connectivity index (χ4n) is 5.04. The van der Waals surface area contributed by atoms with Crippen molar-refractivity contribution in [1.82, 2.24) is 0 Å². The van der Waals surface area contributed by atoms with Gasteiger partial charge in [-0.25, -0.2) is 0 Å². The average Bonchev–Trinajstić information content (AvgIpc) is 3.11. The minimum Gasteiger partial charge on any atom is -0.756 e. The lowest BCUT2D eigenvalue weighted by atomic mass is 10.1. The molecule has 0 saturated carbocycles. The molecule has 0 radical (unpaired) electrons. The first kappa shape index (κ1) is 50.9. The van der Waals surface area contributed by atoms with Crippen LogP contribution in [0.15, 0.2) is 72.9 Å². The zero-order valence-corrected chi connectivity index (χ0v) is 35.3. The van der Waals surface area contributed by atoms with Crippen LogP contribution in [0.1, 0.15) is 142 Å². The molecule has 0 N–H and O–H groups in total. The molecule has 0 rings (SSSR count). The summed E-state index contributed by atoms with van der Waals surface area (Å²) in [5.74, 6) is -0.382. The van der Waals surface area contributed by atoms with Crippen LogP contribution in [0.2, 0.25) is 0 Å². The zero-order chi connectivity index (χ0) is 39.1. The van der Waals surface area contributed by atoms with Crippen molar-refractivity contribution in [3.8, 4) is 0 Å². The Kier molecular flexibility index (Phi) is 35.5. The summed E-state index contributed by atoms with van der Waals surface area (Å²) in [6, 6.07) is 0. The van der Waals surface area contributed by atoms with Gasteiger partial charge in [0.2, 0.25) is 0 Å². The van der Waals surface area contributed by atoms with Gasteiger partial charge >= 0.3 is 5.97 Å². The van der Waals surface area contributed by atoms with Gasteiger partial charge in [0.15, 0.2) is 0 Å². The first-order valence-corrected chi connectivity index (χ1v) is 22.1. The average molecular weight is 764 g/mol. The Balaban J connectivity index is 4.38. The second-order valence-electron chi connectivity index (χ2n) is 14.6. The molecular formula is C44H78NO7P. The SMILES string of the molecule is CC/C=C\C/C=C\C/C=C\C/C=C\CCCCC(=O)OC(COCCCCCCCC/C=C\C/C=C\CCCCC)COP(=O)([O-])OCC[N+](C)(C)C. The van der Waals surface area contributed by atoms with E-state index in [0.29, 0.717) is 24.1 Å². The molecule has 2 atom stereocenters. The summed E-state index contributed by atoms with van der Waals surface area (Å²) in [4.78, 5) is 25.0. The van der Waals surface area contributed by atoms with Gasteiger partial charge in [-0.15, -0.1) is 0 Å². The van der Waals surface area contributed by atoms with Crippen LogP contribution in [0.5, 0.6) is 0 Å². The third-order valence-electron chi connectivity index (χ3n) is 8.24. The van der Waals surface area contributed by atoms with E-state index < -0.39 is 13.9 Å². The van der Waals surface area contributed by atoms with Crippen LogP contribution < -0.4 is 4.89 Å². The number of esters is 1. The number of unbranched alkanes of at least 4 members (excludes halogenated alkanes) is 11. The molecule has 306 valence electrons. The second-order valence-corrected chi connectivity index (χ2v) is 16.0. The van der Waals surface area contributed by atoms with E-state index in [1.165, 1.54) is 44.9 Å². The lowest BCUT2D eigenvalue weighted by Gasteiger charge is -2.28. The third-order valence-corrected chi connectivity index (χ3v) is 9.21. The van der Waals surface area contributed by atoms with Crippen LogP contribution in [0.25, 0.3) is 0 Å². The highest BCUT2D eigenvalue weighted by molar-refractivity contribution is 7.45. The Bertz CT molecular complexity index is 1070. The van der Waals surface area contributed by atoms with Gasteiger partial charge < -0.3 is 27.9 Å². The van der Waals surface area contributed by atoms with Crippen molar-refractivity contribution in [2.75, 3.05) is 54.1 Å². The van der Waals surface area contributed by atoms with E-state index in [4.69, 9.17) is 18.5 Å². The highest BCUT2D eigenvalue weighted by Gasteiger charge is 2.20. The van der Waals surface area contributed by atoms with E-state index in [2.05, 4.69) is 86.8 Å². The molecule has 2 unspecified atom stereocenters. The summed E-state index contributed by atoms with van der Waals surface area (Å²) < 4.78 is 34.5. The van der Waals surface area contributed by atoms with Crippen molar-refractivity contribution in [3.63, 3.8) is 0 Å². The number of hydrogen-bond acceptors (Lipinski definition) is 7. The number of allylic oxidation sites excluding steroid dienone is 12. The Labute approximate surface area is 325 Å². The van der Waals surface area contributed by atoms with Gasteiger partial charge in [0.25, 0.3) is 7.82 Å². The van der Waals surface area contributed by atoms with Crippen molar-refractivity contribution in [2.45, 2.75) is 148 Å². The smallest absolute Gasteiger partial charge is 0.306 e. The fourth-order valence-corrected chi connectivity index (χ4v) is 5.76. The third kappa shape index (κ3) is 41.0. The van der Waals surface area contributed by atoms with Gasteiger partial charge in [-0.3, -0.25) is 9.36 Å². The number of nitrogens with zero attached hydrogens (tertiary/aromatic N) is 1. The van der Waals surface area contributed by atoms with E-state index in [0.717, 1.165) is 70.6 Å². The van der Waals surface area contributed by atoms with Gasteiger partial charge in [-0.1, -0.05) is 125 Å². The summed E-state index contributed by atoms with van der Waals surface area (Å²) in [5, 5.41) is 0. The Hall–Kier alpha value is -2.06. The van der Waals surface area contributed by atoms with Gasteiger partial charge in [-0.2, -0.15) is 0 Å². The summed E-state index contributed by atoms with van der Waals surface area (Å²) in [5.41, 5.74) is 0. The summed E-state index contributed by atoms with van der Waals surface area (Å²) >= 11 is 0. The van der Waals surface area contributed by atoms with Crippen LogP contribution in [-0.4, -0.2) is 70.7 Å². The van der Waals surface area contributed by atoms with Crippen LogP contribution in [-0.2, 0) is 27.9 Å². The molecule has 0 aliphatic rings. The van der Waals surface area contributed by atoms with Crippen LogP contribution in [0, 0.1) is 0 Å². The number of carbonyl (C=O) groups excluding carboxylic acids is 1. The summed E-state index contributed by atoms with van der Waals surface area (Å²) in [7, 11) is 1.31. The van der Waals surface area contributed by atoms with E-state index in [1.54, 1.807) is 0 Å². The number of carbonyl (C=O) groups is 1. The lowest BCUT2D eigenvalue weighted by molar-refractivity contribution is -0.870. The first-order valence-electron chi connectivity index (χ1n) is 20.7. The topological polar surface area (TPSA) is 94.1 Å². The molecule has 0 aromatic rings. The van der Waals surface area contributed by atoms with Gasteiger partial charge in [0, 0.05) is 13.0 Å². The maximum Gasteiger partial charge on any atom is 0.306 e. The van der Waals surface area contributed by atoms with Crippen molar-refractivity contribution in [3.05, 3.63) is 72.9 Å².